The normalized spacial score (nSPS) is 11.0. The Balaban J connectivity index is 2.69. The van der Waals surface area contributed by atoms with Gasteiger partial charge in [-0.25, -0.2) is 5.84 Å². The van der Waals surface area contributed by atoms with E-state index in [1.807, 2.05) is 23.6 Å². The number of hydrogen-bond donors (Lipinski definition) is 2. The molecule has 0 aliphatic heterocycles. The third-order valence-corrected chi connectivity index (χ3v) is 3.77. The monoisotopic (exact) mass is 325 g/mol. The predicted octanol–water partition coefficient (Wildman–Crippen LogP) is 1.31. The van der Waals surface area contributed by atoms with Crippen molar-refractivity contribution >= 4 is 5.91 Å². The lowest BCUT2D eigenvalue weighted by Gasteiger charge is -2.19. The smallest absolute Gasteiger partial charge is 0.289 e. The Morgan fingerprint density at radius 1 is 1.29 bits per heavy atom. The molecule has 0 aliphatic rings. The molecule has 1 aromatic heterocycles. The first-order chi connectivity index (χ1) is 11.2. The fraction of sp³-hybridized carbons (Fsp3) is 0.294. The molecule has 124 valence electrons. The second kappa shape index (κ2) is 6.26. The number of nitrogens with one attached hydrogen (secondary N) is 1. The summed E-state index contributed by atoms with van der Waals surface area (Å²) in [5.41, 5.74) is 2.92. The fourth-order valence-corrected chi connectivity index (χ4v) is 2.30. The van der Waals surface area contributed by atoms with Crippen LogP contribution in [0.1, 0.15) is 48.0 Å². The van der Waals surface area contributed by atoms with Gasteiger partial charge in [-0.15, -0.1) is 0 Å². The Morgan fingerprint density at radius 2 is 1.88 bits per heavy atom. The van der Waals surface area contributed by atoms with Gasteiger partial charge in [0.15, 0.2) is 5.69 Å². The molecule has 3 N–H and O–H groups in total. The zero-order valence-electron chi connectivity index (χ0n) is 14.0. The lowest BCUT2D eigenvalue weighted by atomic mass is 9.87. The number of rotatable bonds is 2. The maximum absolute atomic E-state index is 12.5. The molecular weight excluding hydrogens is 306 g/mol. The average Bonchev–Trinajstić information content (AvgIpc) is 2.54. The molecule has 0 bridgehead atoms. The number of hydrogen-bond acceptors (Lipinski definition) is 5. The van der Waals surface area contributed by atoms with Crippen LogP contribution in [0.3, 0.4) is 0 Å². The summed E-state index contributed by atoms with van der Waals surface area (Å²) in [6, 6.07) is 9.07. The quantitative estimate of drug-likeness (QED) is 0.491. The van der Waals surface area contributed by atoms with Gasteiger partial charge in [0.2, 0.25) is 0 Å². The van der Waals surface area contributed by atoms with Crippen molar-refractivity contribution in [3.05, 3.63) is 57.0 Å². The van der Waals surface area contributed by atoms with Crippen molar-refractivity contribution in [2.75, 3.05) is 0 Å². The van der Waals surface area contributed by atoms with E-state index in [2.05, 4.69) is 25.9 Å². The standard InChI is InChI=1S/C17H19N5O2/c1-10-13(9-18)16(24)22(21-14(10)15(23)20-19)12-7-5-11(6-8-12)17(2,3)4/h5-8H,19H2,1-4H3,(H,20,23). The van der Waals surface area contributed by atoms with Gasteiger partial charge in [-0.2, -0.15) is 15.0 Å². The van der Waals surface area contributed by atoms with Gasteiger partial charge < -0.3 is 0 Å². The number of benzene rings is 1. The van der Waals surface area contributed by atoms with Crippen molar-refractivity contribution in [3.8, 4) is 11.8 Å². The highest BCUT2D eigenvalue weighted by atomic mass is 16.2. The molecule has 1 aromatic carbocycles. The molecule has 1 amide bonds. The van der Waals surface area contributed by atoms with E-state index >= 15 is 0 Å². The van der Waals surface area contributed by atoms with E-state index in [1.165, 1.54) is 6.92 Å². The summed E-state index contributed by atoms with van der Waals surface area (Å²) in [6.45, 7) is 7.73. The van der Waals surface area contributed by atoms with Crippen molar-refractivity contribution in [3.63, 3.8) is 0 Å². The third kappa shape index (κ3) is 3.05. The van der Waals surface area contributed by atoms with E-state index in [9.17, 15) is 14.9 Å². The summed E-state index contributed by atoms with van der Waals surface area (Å²) in [5, 5.41) is 13.3. The van der Waals surface area contributed by atoms with Crippen LogP contribution in [0.25, 0.3) is 5.69 Å². The predicted molar refractivity (Wildman–Crippen MR) is 89.6 cm³/mol. The van der Waals surface area contributed by atoms with Gasteiger partial charge in [-0.1, -0.05) is 32.9 Å². The maximum atomic E-state index is 12.5. The van der Waals surface area contributed by atoms with Crippen molar-refractivity contribution in [2.45, 2.75) is 33.1 Å². The number of nitrogen functional groups attached to an aromatic ring is 1. The summed E-state index contributed by atoms with van der Waals surface area (Å²) in [5.74, 6) is 4.49. The Kier molecular flexibility index (Phi) is 4.53. The molecule has 0 saturated heterocycles. The highest BCUT2D eigenvalue weighted by molar-refractivity contribution is 5.93. The summed E-state index contributed by atoms with van der Waals surface area (Å²) in [7, 11) is 0. The Bertz CT molecular complexity index is 883. The minimum absolute atomic E-state index is 0.0351. The van der Waals surface area contributed by atoms with Crippen LogP contribution in [-0.4, -0.2) is 15.7 Å². The minimum Gasteiger partial charge on any atom is -0.289 e. The van der Waals surface area contributed by atoms with Crippen LogP contribution in [-0.2, 0) is 5.41 Å². The summed E-state index contributed by atoms with van der Waals surface area (Å²) >= 11 is 0. The largest absolute Gasteiger partial charge is 0.289 e. The molecule has 0 radical (unpaired) electrons. The molecule has 2 aromatic rings. The van der Waals surface area contributed by atoms with Crippen LogP contribution >= 0.6 is 0 Å². The lowest BCUT2D eigenvalue weighted by molar-refractivity contribution is 0.0946. The molecule has 24 heavy (non-hydrogen) atoms. The van der Waals surface area contributed by atoms with E-state index in [1.54, 1.807) is 12.1 Å². The third-order valence-electron chi connectivity index (χ3n) is 3.77. The van der Waals surface area contributed by atoms with Crippen LogP contribution in [0, 0.1) is 18.3 Å². The summed E-state index contributed by atoms with van der Waals surface area (Å²) < 4.78 is 1.04. The number of amides is 1. The highest BCUT2D eigenvalue weighted by Crippen LogP contribution is 2.22. The molecule has 1 heterocycles. The molecule has 0 aliphatic carbocycles. The minimum atomic E-state index is -0.663. The van der Waals surface area contributed by atoms with Crippen LogP contribution in [0.5, 0.6) is 0 Å². The van der Waals surface area contributed by atoms with E-state index in [0.717, 1.165) is 10.2 Å². The number of hydrazine groups is 1. The number of carbonyl (C=O) groups is 1. The van der Waals surface area contributed by atoms with Crippen molar-refractivity contribution < 1.29 is 4.79 Å². The molecule has 0 spiro atoms. The van der Waals surface area contributed by atoms with E-state index in [-0.39, 0.29) is 22.2 Å². The fourth-order valence-electron chi connectivity index (χ4n) is 2.30. The Labute approximate surface area is 139 Å². The highest BCUT2D eigenvalue weighted by Gasteiger charge is 2.20. The summed E-state index contributed by atoms with van der Waals surface area (Å²) in [4.78, 5) is 24.3. The molecule has 0 unspecified atom stereocenters. The first-order valence-electron chi connectivity index (χ1n) is 7.36. The topological polar surface area (TPSA) is 114 Å². The van der Waals surface area contributed by atoms with Gasteiger partial charge in [0.05, 0.1) is 5.69 Å². The van der Waals surface area contributed by atoms with Gasteiger partial charge in [0, 0.05) is 5.56 Å². The first kappa shape index (κ1) is 17.4. The van der Waals surface area contributed by atoms with Crippen molar-refractivity contribution in [2.24, 2.45) is 5.84 Å². The van der Waals surface area contributed by atoms with Gasteiger partial charge in [-0.3, -0.25) is 15.0 Å². The zero-order valence-corrected chi connectivity index (χ0v) is 14.0. The second-order valence-corrected chi connectivity index (χ2v) is 6.45. The first-order valence-corrected chi connectivity index (χ1v) is 7.36. The number of nitrogens with zero attached hydrogens (tertiary/aromatic N) is 3. The molecule has 7 heteroatoms. The maximum Gasteiger partial charge on any atom is 0.289 e. The van der Waals surface area contributed by atoms with Crippen LogP contribution in [0.2, 0.25) is 0 Å². The molecule has 0 saturated carbocycles. The molecule has 7 nitrogen and oxygen atoms in total. The average molecular weight is 325 g/mol. The van der Waals surface area contributed by atoms with E-state index in [0.29, 0.717) is 5.69 Å². The van der Waals surface area contributed by atoms with Gasteiger partial charge in [0.25, 0.3) is 11.5 Å². The van der Waals surface area contributed by atoms with Crippen molar-refractivity contribution in [1.82, 2.24) is 15.2 Å². The lowest BCUT2D eigenvalue weighted by Crippen LogP contribution is -2.35. The zero-order chi connectivity index (χ0) is 18.1. The Hall–Kier alpha value is -2.98. The Morgan fingerprint density at radius 3 is 2.33 bits per heavy atom. The van der Waals surface area contributed by atoms with Crippen LogP contribution in [0.4, 0.5) is 0 Å². The van der Waals surface area contributed by atoms with E-state index < -0.39 is 11.5 Å². The SMILES string of the molecule is Cc1c(C(=O)NN)nn(-c2ccc(C(C)(C)C)cc2)c(=O)c1C#N. The number of nitrogens with two attached hydrogens (primary N) is 1. The van der Waals surface area contributed by atoms with Crippen LogP contribution in [0.15, 0.2) is 29.1 Å². The summed E-state index contributed by atoms with van der Waals surface area (Å²) in [6.07, 6.45) is 0. The van der Waals surface area contributed by atoms with Crippen LogP contribution < -0.4 is 16.8 Å². The van der Waals surface area contributed by atoms with Crippen molar-refractivity contribution in [1.29, 1.82) is 5.26 Å². The molecule has 0 atom stereocenters. The number of nitriles is 1. The second-order valence-electron chi connectivity index (χ2n) is 6.45. The number of aromatic nitrogens is 2. The van der Waals surface area contributed by atoms with E-state index in [4.69, 9.17) is 5.84 Å². The van der Waals surface area contributed by atoms with Gasteiger partial charge in [0.1, 0.15) is 11.6 Å². The molecule has 2 rings (SSSR count). The molecular formula is C17H19N5O2. The van der Waals surface area contributed by atoms with Gasteiger partial charge in [-0.05, 0) is 30.0 Å². The molecule has 0 fully saturated rings. The van der Waals surface area contributed by atoms with Gasteiger partial charge >= 0.3 is 0 Å². The number of carbonyl (C=O) groups excluding carboxylic acids is 1.